The number of nitrogens with one attached hydrogen (secondary N) is 2. The maximum absolute atomic E-state index is 11.8. The van der Waals surface area contributed by atoms with Gasteiger partial charge in [-0.1, -0.05) is 24.3 Å². The zero-order valence-corrected chi connectivity index (χ0v) is 18.5. The lowest BCUT2D eigenvalue weighted by molar-refractivity contribution is -0.127. The predicted octanol–water partition coefficient (Wildman–Crippen LogP) is 0.794. The minimum absolute atomic E-state index is 0. The number of carbonyl (C=O) groups excluding carboxylic acids is 1. The summed E-state index contributed by atoms with van der Waals surface area (Å²) in [5, 5.41) is 11.4. The lowest BCUT2D eigenvalue weighted by Gasteiger charge is -2.18. The second kappa shape index (κ2) is 10.6. The van der Waals surface area contributed by atoms with E-state index >= 15 is 0 Å². The number of nitrogens with two attached hydrogens (primary N) is 1. The third kappa shape index (κ3) is 7.85. The van der Waals surface area contributed by atoms with Crippen molar-refractivity contribution < 1.29 is 13.2 Å². The molecule has 0 aromatic heterocycles. The van der Waals surface area contributed by atoms with Crippen LogP contribution in [0.1, 0.15) is 18.4 Å². The van der Waals surface area contributed by atoms with E-state index in [9.17, 15) is 13.2 Å². The first-order valence-electron chi connectivity index (χ1n) is 8.27. The maximum Gasteiger partial charge on any atom is 0.241 e. The van der Waals surface area contributed by atoms with Crippen LogP contribution in [0.4, 0.5) is 0 Å². The third-order valence-corrected chi connectivity index (χ3v) is 4.86. The summed E-state index contributed by atoms with van der Waals surface area (Å²) in [6, 6.07) is 6.50. The molecule has 1 aromatic rings. The molecule has 10 heteroatoms. The normalized spacial score (nSPS) is 14.6. The number of aliphatic imine (C=N–C) groups is 1. The topological polar surface area (TPSA) is 117 Å². The van der Waals surface area contributed by atoms with Crippen LogP contribution in [-0.4, -0.2) is 51.9 Å². The van der Waals surface area contributed by atoms with Crippen molar-refractivity contribution in [3.8, 4) is 0 Å². The van der Waals surface area contributed by atoms with Crippen molar-refractivity contribution in [1.82, 2.24) is 15.5 Å². The van der Waals surface area contributed by atoms with Crippen LogP contribution in [0, 0.1) is 0 Å². The number of guanidine groups is 1. The molecule has 0 bridgehead atoms. The number of benzene rings is 1. The average molecular weight is 507 g/mol. The number of sulfonamides is 1. The Morgan fingerprint density at radius 3 is 2.33 bits per heavy atom. The number of carbonyl (C=O) groups is 1. The van der Waals surface area contributed by atoms with Gasteiger partial charge >= 0.3 is 0 Å². The van der Waals surface area contributed by atoms with E-state index in [2.05, 4.69) is 27.8 Å². The molecule has 0 heterocycles. The van der Waals surface area contributed by atoms with Crippen LogP contribution in [0.25, 0.3) is 0 Å². The number of hydrogen-bond donors (Lipinski definition) is 3. The van der Waals surface area contributed by atoms with Crippen LogP contribution >= 0.6 is 24.0 Å². The smallest absolute Gasteiger partial charge is 0.241 e. The average Bonchev–Trinajstić information content (AvgIpc) is 3.09. The molecule has 0 saturated heterocycles. The van der Waals surface area contributed by atoms with Crippen molar-refractivity contribution in [3.63, 3.8) is 0 Å². The van der Waals surface area contributed by atoms with E-state index in [0.29, 0.717) is 12.5 Å². The molecule has 27 heavy (non-hydrogen) atoms. The summed E-state index contributed by atoms with van der Waals surface area (Å²) in [5.41, 5.74) is 0.835. The van der Waals surface area contributed by atoms with E-state index in [1.165, 1.54) is 17.0 Å². The fraction of sp³-hybridized carbons (Fsp3) is 0.412. The minimum Gasteiger partial charge on any atom is -0.353 e. The van der Waals surface area contributed by atoms with E-state index in [0.717, 1.165) is 18.4 Å². The van der Waals surface area contributed by atoms with Crippen molar-refractivity contribution in [2.75, 3.05) is 20.6 Å². The molecule has 8 nitrogen and oxygen atoms in total. The standard InChI is InChI=1S/C17H25N5O3S.HI/c1-22(2)16(23)12-20-17(21-14-5-3-4-6-14)19-11-13-7-9-15(10-8-13)26(18,24)25;/h3-4,7-10,14H,5-6,11-12H2,1-2H3,(H2,18,24,25)(H2,19,20,21);1H. The van der Waals surface area contributed by atoms with E-state index < -0.39 is 10.0 Å². The Bertz CT molecular complexity index is 783. The van der Waals surface area contributed by atoms with Crippen LogP contribution in [0.3, 0.4) is 0 Å². The highest BCUT2D eigenvalue weighted by molar-refractivity contribution is 14.0. The van der Waals surface area contributed by atoms with E-state index in [1.807, 2.05) is 0 Å². The summed E-state index contributed by atoms with van der Waals surface area (Å²) in [6.45, 7) is 0.486. The molecule has 4 N–H and O–H groups in total. The Morgan fingerprint density at radius 1 is 1.22 bits per heavy atom. The fourth-order valence-corrected chi connectivity index (χ4v) is 2.87. The SMILES string of the molecule is CN(C)C(=O)CNC(=NCc1ccc(S(N)(=O)=O)cc1)NC1CC=CC1.I. The molecule has 1 aliphatic rings. The molecule has 0 unspecified atom stereocenters. The van der Waals surface area contributed by atoms with Crippen LogP contribution in [0.2, 0.25) is 0 Å². The lowest BCUT2D eigenvalue weighted by atomic mass is 10.2. The van der Waals surface area contributed by atoms with Crippen molar-refractivity contribution in [3.05, 3.63) is 42.0 Å². The van der Waals surface area contributed by atoms with Crippen molar-refractivity contribution in [2.45, 2.75) is 30.3 Å². The Morgan fingerprint density at radius 2 is 1.81 bits per heavy atom. The van der Waals surface area contributed by atoms with Gasteiger partial charge < -0.3 is 15.5 Å². The van der Waals surface area contributed by atoms with Gasteiger partial charge in [0, 0.05) is 20.1 Å². The molecule has 1 amide bonds. The number of halogens is 1. The van der Waals surface area contributed by atoms with E-state index in [4.69, 9.17) is 5.14 Å². The molecule has 1 aromatic carbocycles. The highest BCUT2D eigenvalue weighted by Gasteiger charge is 2.13. The Hall–Kier alpha value is -1.66. The Balaban J connectivity index is 0.00000364. The molecule has 0 saturated carbocycles. The highest BCUT2D eigenvalue weighted by atomic mass is 127. The van der Waals surface area contributed by atoms with Crippen LogP contribution in [0.5, 0.6) is 0 Å². The van der Waals surface area contributed by atoms with Gasteiger partial charge in [0.15, 0.2) is 5.96 Å². The molecule has 0 radical (unpaired) electrons. The third-order valence-electron chi connectivity index (χ3n) is 3.93. The number of hydrogen-bond acceptors (Lipinski definition) is 4. The number of amides is 1. The monoisotopic (exact) mass is 507 g/mol. The van der Waals surface area contributed by atoms with Gasteiger partial charge in [-0.15, -0.1) is 24.0 Å². The first-order valence-corrected chi connectivity index (χ1v) is 9.82. The molecule has 0 spiro atoms. The van der Waals surface area contributed by atoms with Gasteiger partial charge in [0.2, 0.25) is 15.9 Å². The molecule has 0 fully saturated rings. The highest BCUT2D eigenvalue weighted by Crippen LogP contribution is 2.11. The van der Waals surface area contributed by atoms with Crippen molar-refractivity contribution >= 4 is 45.9 Å². The number of rotatable bonds is 6. The minimum atomic E-state index is -3.70. The first kappa shape index (κ1) is 23.4. The number of nitrogens with zero attached hydrogens (tertiary/aromatic N) is 2. The zero-order valence-electron chi connectivity index (χ0n) is 15.4. The zero-order chi connectivity index (χ0) is 19.2. The van der Waals surface area contributed by atoms with Gasteiger partial charge in [-0.2, -0.15) is 0 Å². The molecule has 1 aliphatic carbocycles. The van der Waals surface area contributed by atoms with Gasteiger partial charge in [-0.25, -0.2) is 18.5 Å². The summed E-state index contributed by atoms with van der Waals surface area (Å²) < 4.78 is 22.6. The molecular formula is C17H26IN5O3S. The quantitative estimate of drug-likeness (QED) is 0.228. The Kier molecular flexibility index (Phi) is 9.19. The fourth-order valence-electron chi connectivity index (χ4n) is 2.35. The van der Waals surface area contributed by atoms with Crippen molar-refractivity contribution in [2.24, 2.45) is 10.1 Å². The lowest BCUT2D eigenvalue weighted by Crippen LogP contribution is -2.46. The van der Waals surface area contributed by atoms with Gasteiger partial charge in [0.25, 0.3) is 0 Å². The number of likely N-dealkylation sites (N-methyl/N-ethyl adjacent to an activating group) is 1. The first-order chi connectivity index (χ1) is 12.3. The maximum atomic E-state index is 11.8. The predicted molar refractivity (Wildman–Crippen MR) is 116 cm³/mol. The summed E-state index contributed by atoms with van der Waals surface area (Å²) >= 11 is 0. The molecule has 2 rings (SSSR count). The van der Waals surface area contributed by atoms with Crippen LogP contribution < -0.4 is 15.8 Å². The molecule has 0 atom stereocenters. The van der Waals surface area contributed by atoms with Crippen LogP contribution in [-0.2, 0) is 21.4 Å². The molecule has 150 valence electrons. The second-order valence-corrected chi connectivity index (χ2v) is 7.84. The van der Waals surface area contributed by atoms with E-state index in [-0.39, 0.29) is 47.4 Å². The second-order valence-electron chi connectivity index (χ2n) is 6.28. The molecular weight excluding hydrogens is 481 g/mol. The summed E-state index contributed by atoms with van der Waals surface area (Å²) in [4.78, 5) is 17.9. The largest absolute Gasteiger partial charge is 0.353 e. The summed E-state index contributed by atoms with van der Waals surface area (Å²) in [5.74, 6) is 0.492. The Labute approximate surface area is 177 Å². The van der Waals surface area contributed by atoms with Gasteiger partial charge in [0.05, 0.1) is 18.0 Å². The van der Waals surface area contributed by atoms with Gasteiger partial charge in [0.1, 0.15) is 0 Å². The van der Waals surface area contributed by atoms with Crippen molar-refractivity contribution in [1.29, 1.82) is 0 Å². The van der Waals surface area contributed by atoms with Gasteiger partial charge in [-0.05, 0) is 30.5 Å². The number of primary sulfonamides is 1. The summed E-state index contributed by atoms with van der Waals surface area (Å²) in [7, 11) is -0.309. The summed E-state index contributed by atoms with van der Waals surface area (Å²) in [6.07, 6.45) is 6.02. The molecule has 0 aliphatic heterocycles. The van der Waals surface area contributed by atoms with Gasteiger partial charge in [-0.3, -0.25) is 4.79 Å². The van der Waals surface area contributed by atoms with Crippen LogP contribution in [0.15, 0.2) is 46.3 Å². The van der Waals surface area contributed by atoms with E-state index in [1.54, 1.807) is 26.2 Å².